The SMILES string of the molecule is O=C1OC(c2ccccc2F)=NC1=Cc1cccc(C(F)(F)F)c1. The molecule has 1 aliphatic heterocycles. The van der Waals surface area contributed by atoms with Gasteiger partial charge in [0.15, 0.2) is 5.70 Å². The molecule has 122 valence electrons. The highest BCUT2D eigenvalue weighted by Crippen LogP contribution is 2.30. The lowest BCUT2D eigenvalue weighted by Crippen LogP contribution is -2.07. The quantitative estimate of drug-likeness (QED) is 0.469. The molecule has 0 N–H and O–H groups in total. The van der Waals surface area contributed by atoms with Crippen LogP contribution in [-0.4, -0.2) is 11.9 Å². The zero-order valence-electron chi connectivity index (χ0n) is 12.0. The maximum Gasteiger partial charge on any atom is 0.416 e. The minimum atomic E-state index is -4.49. The number of halogens is 4. The van der Waals surface area contributed by atoms with Crippen LogP contribution in [0.2, 0.25) is 0 Å². The fourth-order valence-corrected chi connectivity index (χ4v) is 2.12. The molecule has 0 unspecified atom stereocenters. The first kappa shape index (κ1) is 15.9. The highest BCUT2D eigenvalue weighted by atomic mass is 19.4. The Labute approximate surface area is 133 Å². The van der Waals surface area contributed by atoms with Crippen LogP contribution >= 0.6 is 0 Å². The Morgan fingerprint density at radius 1 is 1.04 bits per heavy atom. The van der Waals surface area contributed by atoms with Gasteiger partial charge in [0.1, 0.15) is 5.82 Å². The van der Waals surface area contributed by atoms with Gasteiger partial charge in [0.05, 0.1) is 11.1 Å². The van der Waals surface area contributed by atoms with E-state index in [1.807, 2.05) is 0 Å². The molecule has 0 spiro atoms. The second-order valence-corrected chi connectivity index (χ2v) is 4.94. The standard InChI is InChI=1S/C17H9F4NO2/c18-13-7-2-1-6-12(13)15-22-14(16(23)24-15)9-10-4-3-5-11(8-10)17(19,20)21/h1-9H. The molecular formula is C17H9F4NO2. The highest BCUT2D eigenvalue weighted by Gasteiger charge is 2.30. The molecule has 0 aliphatic carbocycles. The van der Waals surface area contributed by atoms with E-state index in [-0.39, 0.29) is 22.7 Å². The van der Waals surface area contributed by atoms with Crippen LogP contribution in [-0.2, 0) is 15.7 Å². The molecule has 0 saturated carbocycles. The van der Waals surface area contributed by atoms with Crippen LogP contribution in [0, 0.1) is 5.82 Å². The van der Waals surface area contributed by atoms with Crippen molar-refractivity contribution >= 4 is 17.9 Å². The third-order valence-electron chi connectivity index (χ3n) is 3.24. The van der Waals surface area contributed by atoms with Crippen LogP contribution < -0.4 is 0 Å². The fourth-order valence-electron chi connectivity index (χ4n) is 2.12. The number of hydrogen-bond acceptors (Lipinski definition) is 3. The number of ether oxygens (including phenoxy) is 1. The van der Waals surface area contributed by atoms with Gasteiger partial charge < -0.3 is 4.74 Å². The predicted octanol–water partition coefficient (Wildman–Crippen LogP) is 4.19. The second kappa shape index (κ2) is 5.92. The van der Waals surface area contributed by atoms with Crippen molar-refractivity contribution in [2.45, 2.75) is 6.18 Å². The van der Waals surface area contributed by atoms with Gasteiger partial charge in [0.2, 0.25) is 5.90 Å². The summed E-state index contributed by atoms with van der Waals surface area (Å²) in [7, 11) is 0. The van der Waals surface area contributed by atoms with Crippen molar-refractivity contribution in [2.75, 3.05) is 0 Å². The van der Waals surface area contributed by atoms with Gasteiger partial charge in [-0.05, 0) is 35.9 Å². The van der Waals surface area contributed by atoms with E-state index in [1.54, 1.807) is 6.07 Å². The average Bonchev–Trinajstić information content (AvgIpc) is 2.88. The zero-order valence-corrected chi connectivity index (χ0v) is 12.0. The van der Waals surface area contributed by atoms with Crippen molar-refractivity contribution in [2.24, 2.45) is 4.99 Å². The number of benzene rings is 2. The molecule has 0 atom stereocenters. The van der Waals surface area contributed by atoms with Crippen molar-refractivity contribution < 1.29 is 27.1 Å². The van der Waals surface area contributed by atoms with Crippen molar-refractivity contribution in [1.29, 1.82) is 0 Å². The smallest absolute Gasteiger partial charge is 0.402 e. The predicted molar refractivity (Wildman–Crippen MR) is 78.5 cm³/mol. The zero-order chi connectivity index (χ0) is 17.3. The number of cyclic esters (lactones) is 1. The minimum absolute atomic E-state index is 0.00158. The van der Waals surface area contributed by atoms with Crippen LogP contribution in [0.25, 0.3) is 6.08 Å². The lowest BCUT2D eigenvalue weighted by molar-refractivity contribution is -0.137. The van der Waals surface area contributed by atoms with Crippen molar-refractivity contribution in [3.05, 3.63) is 76.7 Å². The molecular weight excluding hydrogens is 326 g/mol. The van der Waals surface area contributed by atoms with Crippen molar-refractivity contribution in [3.63, 3.8) is 0 Å². The van der Waals surface area contributed by atoms with Gasteiger partial charge >= 0.3 is 12.1 Å². The Balaban J connectivity index is 1.96. The monoisotopic (exact) mass is 335 g/mol. The van der Waals surface area contributed by atoms with E-state index < -0.39 is 23.5 Å². The van der Waals surface area contributed by atoms with Crippen LogP contribution in [0.3, 0.4) is 0 Å². The summed E-state index contributed by atoms with van der Waals surface area (Å²) in [5.74, 6) is -1.70. The highest BCUT2D eigenvalue weighted by molar-refractivity contribution is 6.12. The lowest BCUT2D eigenvalue weighted by atomic mass is 10.1. The molecule has 24 heavy (non-hydrogen) atoms. The first-order chi connectivity index (χ1) is 11.3. The summed E-state index contributed by atoms with van der Waals surface area (Å²) < 4.78 is 56.7. The molecule has 0 bridgehead atoms. The molecule has 1 aliphatic rings. The normalized spacial score (nSPS) is 16.2. The molecule has 0 saturated heterocycles. The Hall–Kier alpha value is -2.96. The molecule has 3 nitrogen and oxygen atoms in total. The number of carbonyl (C=O) groups excluding carboxylic acids is 1. The van der Waals surface area contributed by atoms with Gasteiger partial charge in [0.25, 0.3) is 0 Å². The summed E-state index contributed by atoms with van der Waals surface area (Å²) in [6, 6.07) is 10.00. The molecule has 7 heteroatoms. The maximum absolute atomic E-state index is 13.7. The Morgan fingerprint density at radius 3 is 2.50 bits per heavy atom. The second-order valence-electron chi connectivity index (χ2n) is 4.94. The van der Waals surface area contributed by atoms with E-state index in [2.05, 4.69) is 4.99 Å². The number of hydrogen-bond donors (Lipinski definition) is 0. The van der Waals surface area contributed by atoms with E-state index in [9.17, 15) is 22.4 Å². The number of aliphatic imine (C=N–C) groups is 1. The van der Waals surface area contributed by atoms with E-state index in [4.69, 9.17) is 4.74 Å². The molecule has 1 heterocycles. The van der Waals surface area contributed by atoms with Gasteiger partial charge in [-0.1, -0.05) is 24.3 Å². The number of alkyl halides is 3. The van der Waals surface area contributed by atoms with Crippen LogP contribution in [0.5, 0.6) is 0 Å². The lowest BCUT2D eigenvalue weighted by Gasteiger charge is -2.06. The van der Waals surface area contributed by atoms with Crippen molar-refractivity contribution in [3.8, 4) is 0 Å². The molecule has 2 aromatic rings. The summed E-state index contributed by atoms with van der Waals surface area (Å²) in [5, 5.41) is 0. The summed E-state index contributed by atoms with van der Waals surface area (Å²) in [5.41, 5.74) is -0.914. The fraction of sp³-hybridized carbons (Fsp3) is 0.0588. The van der Waals surface area contributed by atoms with Crippen LogP contribution in [0.4, 0.5) is 17.6 Å². The summed E-state index contributed by atoms with van der Waals surface area (Å²) in [4.78, 5) is 15.7. The summed E-state index contributed by atoms with van der Waals surface area (Å²) in [6.07, 6.45) is -3.34. The average molecular weight is 335 g/mol. The summed E-state index contributed by atoms with van der Waals surface area (Å²) >= 11 is 0. The first-order valence-electron chi connectivity index (χ1n) is 6.79. The van der Waals surface area contributed by atoms with E-state index in [0.29, 0.717) is 0 Å². The molecule has 0 aromatic heterocycles. The van der Waals surface area contributed by atoms with Gasteiger partial charge in [-0.25, -0.2) is 14.2 Å². The molecule has 0 radical (unpaired) electrons. The Kier molecular flexibility index (Phi) is 3.92. The largest absolute Gasteiger partial charge is 0.416 e. The van der Waals surface area contributed by atoms with Gasteiger partial charge in [0, 0.05) is 0 Å². The molecule has 3 rings (SSSR count). The summed E-state index contributed by atoms with van der Waals surface area (Å²) in [6.45, 7) is 0. The Morgan fingerprint density at radius 2 is 1.79 bits per heavy atom. The molecule has 0 amide bonds. The molecule has 0 fully saturated rings. The van der Waals surface area contributed by atoms with E-state index >= 15 is 0 Å². The van der Waals surface area contributed by atoms with Gasteiger partial charge in [-0.3, -0.25) is 0 Å². The van der Waals surface area contributed by atoms with E-state index in [0.717, 1.165) is 18.2 Å². The topological polar surface area (TPSA) is 38.7 Å². The van der Waals surface area contributed by atoms with Gasteiger partial charge in [-0.15, -0.1) is 0 Å². The van der Waals surface area contributed by atoms with Gasteiger partial charge in [-0.2, -0.15) is 13.2 Å². The number of carbonyl (C=O) groups is 1. The third kappa shape index (κ3) is 3.19. The van der Waals surface area contributed by atoms with Crippen LogP contribution in [0.15, 0.2) is 59.2 Å². The minimum Gasteiger partial charge on any atom is -0.402 e. The first-order valence-corrected chi connectivity index (χ1v) is 6.79. The number of esters is 1. The van der Waals surface area contributed by atoms with Crippen molar-refractivity contribution in [1.82, 2.24) is 0 Å². The number of rotatable bonds is 2. The third-order valence-corrected chi connectivity index (χ3v) is 3.24. The van der Waals surface area contributed by atoms with Crippen LogP contribution in [0.1, 0.15) is 16.7 Å². The maximum atomic E-state index is 13.7. The number of nitrogens with zero attached hydrogens (tertiary/aromatic N) is 1. The molecule has 2 aromatic carbocycles. The Bertz CT molecular complexity index is 869. The van der Waals surface area contributed by atoms with E-state index in [1.165, 1.54) is 30.3 Å².